The summed E-state index contributed by atoms with van der Waals surface area (Å²) in [7, 11) is 3.61. The Labute approximate surface area is 193 Å². The van der Waals surface area contributed by atoms with Gasteiger partial charge in [0.15, 0.2) is 0 Å². The molecule has 0 bridgehead atoms. The molecule has 184 valence electrons. The average molecular weight is 441 g/mol. The fraction of sp³-hybridized carbons (Fsp3) is 1.00. The van der Waals surface area contributed by atoms with Crippen LogP contribution in [0.3, 0.4) is 0 Å². The second-order valence-electron chi connectivity index (χ2n) is 9.53. The minimum absolute atomic E-state index is 0.739. The van der Waals surface area contributed by atoms with Gasteiger partial charge in [0.05, 0.1) is 19.9 Å². The highest BCUT2D eigenvalue weighted by Crippen LogP contribution is 2.25. The van der Waals surface area contributed by atoms with Crippen molar-refractivity contribution >= 4 is 0 Å². The number of methoxy groups -OCH3 is 2. The van der Waals surface area contributed by atoms with E-state index >= 15 is 0 Å². The first-order valence-corrected chi connectivity index (χ1v) is 13.2. The summed E-state index contributed by atoms with van der Waals surface area (Å²) in [4.78, 5) is 8.14. The Morgan fingerprint density at radius 3 is 1.71 bits per heavy atom. The van der Waals surface area contributed by atoms with Gasteiger partial charge in [-0.1, -0.05) is 45.4 Å². The van der Waals surface area contributed by atoms with E-state index in [1.807, 2.05) is 0 Å². The van der Waals surface area contributed by atoms with E-state index in [0.717, 1.165) is 58.1 Å². The molecule has 2 aliphatic carbocycles. The zero-order valence-electron chi connectivity index (χ0n) is 21.0. The molecule has 0 saturated heterocycles. The third kappa shape index (κ3) is 11.0. The Kier molecular flexibility index (Phi) is 15.0. The Morgan fingerprint density at radius 1 is 0.677 bits per heavy atom. The number of hydrogen-bond acceptors (Lipinski definition) is 6. The van der Waals surface area contributed by atoms with Gasteiger partial charge < -0.3 is 14.8 Å². The summed E-state index contributed by atoms with van der Waals surface area (Å²) in [5.41, 5.74) is 0. The van der Waals surface area contributed by atoms with E-state index in [0.29, 0.717) is 0 Å². The number of ether oxygens (including phenoxy) is 2. The highest BCUT2D eigenvalue weighted by molar-refractivity contribution is 4.81. The highest BCUT2D eigenvalue weighted by atomic mass is 16.5. The molecule has 1 N–H and O–H groups in total. The molecule has 0 unspecified atom stereocenters. The zero-order chi connectivity index (χ0) is 22.2. The lowest BCUT2D eigenvalue weighted by Crippen LogP contribution is -2.51. The van der Waals surface area contributed by atoms with Gasteiger partial charge in [-0.25, -0.2) is 0 Å². The van der Waals surface area contributed by atoms with Crippen molar-refractivity contribution in [3.05, 3.63) is 0 Å². The smallest absolute Gasteiger partial charge is 0.0590 e. The van der Waals surface area contributed by atoms with E-state index in [9.17, 15) is 0 Å². The minimum atomic E-state index is 0.739. The molecule has 0 aliphatic heterocycles. The molecule has 2 aliphatic rings. The summed E-state index contributed by atoms with van der Waals surface area (Å²) < 4.78 is 10.8. The zero-order valence-corrected chi connectivity index (χ0v) is 21.0. The number of hydrogen-bond donors (Lipinski definition) is 1. The molecule has 0 radical (unpaired) electrons. The van der Waals surface area contributed by atoms with Crippen LogP contribution < -0.4 is 5.32 Å². The van der Waals surface area contributed by atoms with Crippen LogP contribution in [0.15, 0.2) is 0 Å². The van der Waals surface area contributed by atoms with Gasteiger partial charge in [-0.05, 0) is 32.2 Å². The molecule has 6 heteroatoms. The molecule has 0 amide bonds. The van der Waals surface area contributed by atoms with Crippen LogP contribution in [0.5, 0.6) is 0 Å². The van der Waals surface area contributed by atoms with E-state index in [4.69, 9.17) is 9.47 Å². The van der Waals surface area contributed by atoms with E-state index in [-0.39, 0.29) is 0 Å². The predicted molar refractivity (Wildman–Crippen MR) is 131 cm³/mol. The van der Waals surface area contributed by atoms with Gasteiger partial charge in [0.2, 0.25) is 0 Å². The van der Waals surface area contributed by atoms with Crippen molar-refractivity contribution in [2.75, 3.05) is 79.9 Å². The van der Waals surface area contributed by atoms with Gasteiger partial charge in [-0.3, -0.25) is 14.7 Å². The minimum Gasteiger partial charge on any atom is -0.383 e. The van der Waals surface area contributed by atoms with Crippen molar-refractivity contribution in [2.24, 2.45) is 0 Å². The molecule has 0 heterocycles. The molecule has 0 aromatic rings. The van der Waals surface area contributed by atoms with Crippen LogP contribution in [0, 0.1) is 0 Å². The van der Waals surface area contributed by atoms with Crippen LogP contribution in [0.25, 0.3) is 0 Å². The van der Waals surface area contributed by atoms with Crippen LogP contribution >= 0.6 is 0 Å². The monoisotopic (exact) mass is 440 g/mol. The van der Waals surface area contributed by atoms with E-state index in [1.54, 1.807) is 14.2 Å². The fourth-order valence-corrected chi connectivity index (χ4v) is 5.35. The van der Waals surface area contributed by atoms with Gasteiger partial charge in [0.1, 0.15) is 0 Å². The Hall–Kier alpha value is -0.240. The highest BCUT2D eigenvalue weighted by Gasteiger charge is 2.26. The molecule has 2 saturated carbocycles. The quantitative estimate of drug-likeness (QED) is 0.276. The van der Waals surface area contributed by atoms with Gasteiger partial charge in [-0.15, -0.1) is 0 Å². The molecule has 6 nitrogen and oxygen atoms in total. The van der Waals surface area contributed by atoms with Crippen molar-refractivity contribution in [3.63, 3.8) is 0 Å². The third-order valence-electron chi connectivity index (χ3n) is 7.29. The standard InChI is InChI=1S/C25H52N4O2/c1-4-26-15-16-28(24-11-7-5-8-12-24)17-18-29(25-13-9-6-10-14-25)23-27(19-21-30-2)20-22-31-3/h24-26H,4-23H2,1-3H3. The molecular weight excluding hydrogens is 388 g/mol. The van der Waals surface area contributed by atoms with E-state index in [2.05, 4.69) is 26.9 Å². The Balaban J connectivity index is 1.98. The number of nitrogens with zero attached hydrogens (tertiary/aromatic N) is 3. The Bertz CT molecular complexity index is 406. The van der Waals surface area contributed by atoms with Gasteiger partial charge in [0, 0.05) is 65.6 Å². The number of likely N-dealkylation sites (N-methyl/N-ethyl adjacent to an activating group) is 1. The van der Waals surface area contributed by atoms with Crippen molar-refractivity contribution < 1.29 is 9.47 Å². The molecule has 2 rings (SSSR count). The van der Waals surface area contributed by atoms with Crippen LogP contribution in [-0.2, 0) is 9.47 Å². The first kappa shape index (κ1) is 27.0. The number of nitrogens with one attached hydrogen (secondary N) is 1. The van der Waals surface area contributed by atoms with Crippen molar-refractivity contribution in [3.8, 4) is 0 Å². The van der Waals surface area contributed by atoms with Crippen LogP contribution in [0.1, 0.15) is 71.1 Å². The molecule has 2 fully saturated rings. The molecule has 0 spiro atoms. The van der Waals surface area contributed by atoms with E-state index in [1.165, 1.54) is 83.8 Å². The summed E-state index contributed by atoms with van der Waals surface area (Å²) in [5, 5.41) is 3.56. The lowest BCUT2D eigenvalue weighted by atomic mass is 9.93. The first-order chi connectivity index (χ1) is 15.3. The van der Waals surface area contributed by atoms with Crippen molar-refractivity contribution in [1.29, 1.82) is 0 Å². The molecule has 0 atom stereocenters. The maximum Gasteiger partial charge on any atom is 0.0590 e. The predicted octanol–water partition coefficient (Wildman–Crippen LogP) is 3.42. The first-order valence-electron chi connectivity index (χ1n) is 13.2. The molecule has 31 heavy (non-hydrogen) atoms. The lowest BCUT2D eigenvalue weighted by Gasteiger charge is -2.41. The largest absolute Gasteiger partial charge is 0.383 e. The number of rotatable bonds is 17. The maximum atomic E-state index is 5.40. The average Bonchev–Trinajstić information content (AvgIpc) is 2.82. The topological polar surface area (TPSA) is 40.2 Å². The lowest BCUT2D eigenvalue weighted by molar-refractivity contribution is 0.0312. The summed E-state index contributed by atoms with van der Waals surface area (Å²) >= 11 is 0. The van der Waals surface area contributed by atoms with Gasteiger partial charge in [0.25, 0.3) is 0 Å². The van der Waals surface area contributed by atoms with Gasteiger partial charge in [-0.2, -0.15) is 0 Å². The summed E-state index contributed by atoms with van der Waals surface area (Å²) in [6.45, 7) is 12.6. The van der Waals surface area contributed by atoms with Crippen LogP contribution in [0.2, 0.25) is 0 Å². The molecular formula is C25H52N4O2. The summed E-state index contributed by atoms with van der Waals surface area (Å²) in [5.74, 6) is 0. The van der Waals surface area contributed by atoms with Crippen molar-refractivity contribution in [2.45, 2.75) is 83.2 Å². The fourth-order valence-electron chi connectivity index (χ4n) is 5.35. The maximum absolute atomic E-state index is 5.40. The van der Waals surface area contributed by atoms with Crippen LogP contribution in [0.4, 0.5) is 0 Å². The SMILES string of the molecule is CCNCCN(CCN(CN(CCOC)CCOC)C1CCCCC1)C1CCCCC1. The summed E-state index contributed by atoms with van der Waals surface area (Å²) in [6.07, 6.45) is 14.0. The molecule has 0 aromatic heterocycles. The Morgan fingerprint density at radius 2 is 1.19 bits per heavy atom. The van der Waals surface area contributed by atoms with E-state index < -0.39 is 0 Å². The van der Waals surface area contributed by atoms with Gasteiger partial charge >= 0.3 is 0 Å². The second kappa shape index (κ2) is 17.3. The second-order valence-corrected chi connectivity index (χ2v) is 9.53. The third-order valence-corrected chi connectivity index (χ3v) is 7.29. The summed E-state index contributed by atoms with van der Waals surface area (Å²) in [6, 6.07) is 1.53. The van der Waals surface area contributed by atoms with Crippen molar-refractivity contribution in [1.82, 2.24) is 20.0 Å². The van der Waals surface area contributed by atoms with Crippen LogP contribution in [-0.4, -0.2) is 107 Å². The normalized spacial score (nSPS) is 19.2. The molecule has 0 aromatic carbocycles.